The van der Waals surface area contributed by atoms with Gasteiger partial charge in [0, 0.05) is 25.5 Å². The zero-order valence-corrected chi connectivity index (χ0v) is 12.2. The third-order valence-corrected chi connectivity index (χ3v) is 4.51. The van der Waals surface area contributed by atoms with E-state index in [1.54, 1.807) is 18.3 Å². The van der Waals surface area contributed by atoms with E-state index in [1.807, 2.05) is 0 Å². The van der Waals surface area contributed by atoms with Crippen molar-refractivity contribution in [2.75, 3.05) is 23.3 Å². The number of nitrogens with zero attached hydrogens (tertiary/aromatic N) is 3. The SMILES string of the molecule is O=C(Nc1nc(Cl)c(N2CCCC2)s1)c1cccnc1. The lowest BCUT2D eigenvalue weighted by molar-refractivity contribution is 0.102. The lowest BCUT2D eigenvalue weighted by Gasteiger charge is -2.13. The first-order chi connectivity index (χ1) is 9.74. The van der Waals surface area contributed by atoms with Crippen LogP contribution in [-0.4, -0.2) is 29.0 Å². The normalized spacial score (nSPS) is 14.6. The third-order valence-electron chi connectivity index (χ3n) is 3.11. The van der Waals surface area contributed by atoms with Gasteiger partial charge >= 0.3 is 0 Å². The number of hydrogen-bond acceptors (Lipinski definition) is 5. The molecule has 2 aromatic heterocycles. The van der Waals surface area contributed by atoms with E-state index in [0.29, 0.717) is 15.8 Å². The van der Waals surface area contributed by atoms with Gasteiger partial charge in [-0.25, -0.2) is 4.98 Å². The van der Waals surface area contributed by atoms with Gasteiger partial charge < -0.3 is 4.90 Å². The van der Waals surface area contributed by atoms with Crippen LogP contribution in [0.1, 0.15) is 23.2 Å². The molecule has 20 heavy (non-hydrogen) atoms. The summed E-state index contributed by atoms with van der Waals surface area (Å²) in [5.74, 6) is -0.225. The summed E-state index contributed by atoms with van der Waals surface area (Å²) < 4.78 is 0. The Balaban J connectivity index is 1.75. The molecule has 0 bridgehead atoms. The Labute approximate surface area is 125 Å². The number of pyridine rings is 1. The van der Waals surface area contributed by atoms with Crippen molar-refractivity contribution >= 4 is 39.0 Å². The third kappa shape index (κ3) is 2.76. The highest BCUT2D eigenvalue weighted by molar-refractivity contribution is 7.20. The molecule has 0 radical (unpaired) electrons. The highest BCUT2D eigenvalue weighted by atomic mass is 35.5. The molecular weight excluding hydrogens is 296 g/mol. The molecule has 1 N–H and O–H groups in total. The van der Waals surface area contributed by atoms with Crippen LogP contribution in [-0.2, 0) is 0 Å². The van der Waals surface area contributed by atoms with Gasteiger partial charge in [0.1, 0.15) is 5.00 Å². The summed E-state index contributed by atoms with van der Waals surface area (Å²) in [6.45, 7) is 2.00. The number of aromatic nitrogens is 2. The Morgan fingerprint density at radius 3 is 2.90 bits per heavy atom. The van der Waals surface area contributed by atoms with Gasteiger partial charge in [-0.1, -0.05) is 22.9 Å². The van der Waals surface area contributed by atoms with Crippen LogP contribution >= 0.6 is 22.9 Å². The van der Waals surface area contributed by atoms with Crippen molar-refractivity contribution < 1.29 is 4.79 Å². The Kier molecular flexibility index (Phi) is 3.84. The number of amides is 1. The van der Waals surface area contributed by atoms with Crippen LogP contribution < -0.4 is 10.2 Å². The predicted molar refractivity (Wildman–Crippen MR) is 80.8 cm³/mol. The molecule has 1 amide bonds. The summed E-state index contributed by atoms with van der Waals surface area (Å²) in [5.41, 5.74) is 0.501. The summed E-state index contributed by atoms with van der Waals surface area (Å²) >= 11 is 7.56. The van der Waals surface area contributed by atoms with Crippen LogP contribution in [0.2, 0.25) is 5.15 Å². The molecule has 0 spiro atoms. The molecule has 0 saturated carbocycles. The van der Waals surface area contributed by atoms with Gasteiger partial charge in [0.25, 0.3) is 5.91 Å². The lowest BCUT2D eigenvalue weighted by Crippen LogP contribution is -2.16. The van der Waals surface area contributed by atoms with Crippen molar-refractivity contribution in [3.05, 3.63) is 35.2 Å². The first-order valence-corrected chi connectivity index (χ1v) is 7.56. The fourth-order valence-corrected chi connectivity index (χ4v) is 3.40. The number of rotatable bonds is 3. The number of anilines is 2. The molecule has 1 saturated heterocycles. The summed E-state index contributed by atoms with van der Waals surface area (Å²) in [6.07, 6.45) is 5.49. The van der Waals surface area contributed by atoms with Gasteiger partial charge in [-0.05, 0) is 25.0 Å². The van der Waals surface area contributed by atoms with Gasteiger partial charge in [0.2, 0.25) is 0 Å². The number of carbonyl (C=O) groups is 1. The molecular formula is C13H13ClN4OS. The first-order valence-electron chi connectivity index (χ1n) is 6.37. The molecule has 2 aromatic rings. The molecule has 1 aliphatic heterocycles. The van der Waals surface area contributed by atoms with Crippen molar-refractivity contribution in [1.29, 1.82) is 0 Å². The van der Waals surface area contributed by atoms with E-state index in [0.717, 1.165) is 18.1 Å². The number of thiazole rings is 1. The molecule has 0 unspecified atom stereocenters. The molecule has 0 atom stereocenters. The number of carbonyl (C=O) groups excluding carboxylic acids is 1. The Bertz CT molecular complexity index is 610. The maximum atomic E-state index is 12.0. The zero-order chi connectivity index (χ0) is 13.9. The highest BCUT2D eigenvalue weighted by Crippen LogP contribution is 2.37. The van der Waals surface area contributed by atoms with E-state index in [2.05, 4.69) is 20.2 Å². The molecule has 3 heterocycles. The van der Waals surface area contributed by atoms with Crippen LogP contribution in [0.3, 0.4) is 0 Å². The van der Waals surface area contributed by atoms with Gasteiger partial charge in [-0.15, -0.1) is 0 Å². The number of nitrogens with one attached hydrogen (secondary N) is 1. The van der Waals surface area contributed by atoms with Crippen molar-refractivity contribution in [2.24, 2.45) is 0 Å². The first kappa shape index (κ1) is 13.3. The van der Waals surface area contributed by atoms with Crippen molar-refractivity contribution in [3.8, 4) is 0 Å². The summed E-state index contributed by atoms with van der Waals surface area (Å²) in [4.78, 5) is 22.4. The van der Waals surface area contributed by atoms with E-state index in [4.69, 9.17) is 11.6 Å². The Hall–Kier alpha value is -1.66. The van der Waals surface area contributed by atoms with Crippen LogP contribution in [0.25, 0.3) is 0 Å². The van der Waals surface area contributed by atoms with Crippen LogP contribution in [0.4, 0.5) is 10.1 Å². The van der Waals surface area contributed by atoms with E-state index < -0.39 is 0 Å². The molecule has 0 aliphatic carbocycles. The van der Waals surface area contributed by atoms with Crippen molar-refractivity contribution in [2.45, 2.75) is 12.8 Å². The maximum Gasteiger partial charge on any atom is 0.259 e. The summed E-state index contributed by atoms with van der Waals surface area (Å²) in [6, 6.07) is 3.43. The van der Waals surface area contributed by atoms with Gasteiger partial charge in [0.05, 0.1) is 5.56 Å². The minimum absolute atomic E-state index is 0.225. The van der Waals surface area contributed by atoms with Crippen LogP contribution in [0.5, 0.6) is 0 Å². The van der Waals surface area contributed by atoms with E-state index >= 15 is 0 Å². The molecule has 3 rings (SSSR count). The molecule has 5 nitrogen and oxygen atoms in total. The van der Waals surface area contributed by atoms with Crippen molar-refractivity contribution in [1.82, 2.24) is 9.97 Å². The van der Waals surface area contributed by atoms with E-state index in [9.17, 15) is 4.79 Å². The largest absolute Gasteiger partial charge is 0.361 e. The molecule has 104 valence electrons. The maximum absolute atomic E-state index is 12.0. The summed E-state index contributed by atoms with van der Waals surface area (Å²) in [7, 11) is 0. The predicted octanol–water partition coefficient (Wildman–Crippen LogP) is 3.04. The van der Waals surface area contributed by atoms with Gasteiger partial charge in [-0.3, -0.25) is 15.1 Å². The highest BCUT2D eigenvalue weighted by Gasteiger charge is 2.20. The smallest absolute Gasteiger partial charge is 0.259 e. The Morgan fingerprint density at radius 2 is 2.20 bits per heavy atom. The quantitative estimate of drug-likeness (QED) is 0.947. The fourth-order valence-electron chi connectivity index (χ4n) is 2.13. The van der Waals surface area contributed by atoms with E-state index in [-0.39, 0.29) is 5.91 Å². The second kappa shape index (κ2) is 5.76. The van der Waals surface area contributed by atoms with Gasteiger partial charge in [0.15, 0.2) is 10.3 Å². The molecule has 1 aliphatic rings. The van der Waals surface area contributed by atoms with E-state index in [1.165, 1.54) is 30.4 Å². The summed E-state index contributed by atoms with van der Waals surface area (Å²) in [5, 5.41) is 4.67. The topological polar surface area (TPSA) is 58.1 Å². The average Bonchev–Trinajstić information content (AvgIpc) is 3.09. The number of halogens is 1. The lowest BCUT2D eigenvalue weighted by atomic mass is 10.3. The second-order valence-electron chi connectivity index (χ2n) is 4.50. The monoisotopic (exact) mass is 308 g/mol. The van der Waals surface area contributed by atoms with Crippen molar-refractivity contribution in [3.63, 3.8) is 0 Å². The second-order valence-corrected chi connectivity index (χ2v) is 5.84. The molecule has 7 heteroatoms. The zero-order valence-electron chi connectivity index (χ0n) is 10.7. The van der Waals surface area contributed by atoms with Crippen LogP contribution in [0, 0.1) is 0 Å². The minimum atomic E-state index is -0.225. The standard InChI is InChI=1S/C13H13ClN4OS/c14-10-12(18-6-1-2-7-18)20-13(16-10)17-11(19)9-4-3-5-15-8-9/h3-5,8H,1-2,6-7H2,(H,16,17,19). The number of hydrogen-bond donors (Lipinski definition) is 1. The minimum Gasteiger partial charge on any atom is -0.361 e. The van der Waals surface area contributed by atoms with Crippen LogP contribution in [0.15, 0.2) is 24.5 Å². The Morgan fingerprint density at radius 1 is 1.40 bits per heavy atom. The molecule has 1 fully saturated rings. The fraction of sp³-hybridized carbons (Fsp3) is 0.308. The van der Waals surface area contributed by atoms with Gasteiger partial charge in [-0.2, -0.15) is 0 Å². The average molecular weight is 309 g/mol. The molecule has 0 aromatic carbocycles.